The molecule has 1 amide bonds. The number of amides is 1. The molecule has 6 heteroatoms. The molecule has 2 aliphatic heterocycles. The molecular formula is C24H24N2O3S. The van der Waals surface area contributed by atoms with Crippen molar-refractivity contribution in [1.82, 2.24) is 4.90 Å². The van der Waals surface area contributed by atoms with Crippen LogP contribution in [0.25, 0.3) is 0 Å². The summed E-state index contributed by atoms with van der Waals surface area (Å²) in [4.78, 5) is 32.6. The number of rotatable bonds is 5. The second kappa shape index (κ2) is 8.48. The number of fused-ring (bicyclic) bond motifs is 1. The zero-order valence-corrected chi connectivity index (χ0v) is 18.1. The van der Waals surface area contributed by atoms with Crippen LogP contribution >= 0.6 is 11.8 Å². The molecular weight excluding hydrogens is 396 g/mol. The van der Waals surface area contributed by atoms with E-state index in [1.165, 1.54) is 11.8 Å². The molecule has 0 N–H and O–H groups in total. The van der Waals surface area contributed by atoms with Gasteiger partial charge in [-0.15, -0.1) is 0 Å². The first kappa shape index (κ1) is 20.4. The Labute approximate surface area is 180 Å². The maximum Gasteiger partial charge on any atom is 0.338 e. The monoisotopic (exact) mass is 420 g/mol. The molecule has 0 aliphatic carbocycles. The van der Waals surface area contributed by atoms with Crippen molar-refractivity contribution in [2.75, 3.05) is 0 Å². The number of esters is 1. The van der Waals surface area contributed by atoms with Crippen molar-refractivity contribution in [3.05, 3.63) is 82.6 Å². The minimum absolute atomic E-state index is 0.00677. The number of hydrogen-bond donors (Lipinski definition) is 0. The average Bonchev–Trinajstić information content (AvgIpc) is 3.07. The molecule has 2 unspecified atom stereocenters. The number of benzene rings is 2. The molecule has 2 aromatic carbocycles. The number of aliphatic imine (C=N–C) groups is 1. The predicted molar refractivity (Wildman–Crippen MR) is 119 cm³/mol. The minimum atomic E-state index is -0.530. The van der Waals surface area contributed by atoms with Crippen LogP contribution < -0.4 is 0 Å². The summed E-state index contributed by atoms with van der Waals surface area (Å²) in [6.07, 6.45) is 0.715. The van der Waals surface area contributed by atoms with Crippen LogP contribution in [0.2, 0.25) is 0 Å². The highest BCUT2D eigenvalue weighted by molar-refractivity contribution is 8.15. The molecule has 0 bridgehead atoms. The van der Waals surface area contributed by atoms with Crippen LogP contribution in [-0.2, 0) is 20.9 Å². The van der Waals surface area contributed by atoms with Gasteiger partial charge in [-0.1, -0.05) is 78.8 Å². The standard InChI is InChI=1S/C24H24N2O3S/c1-4-19-22(27)26-21(18-12-10-15(2)11-13-18)20(16(3)25-24(26)30-19)23(28)29-14-17-8-6-5-7-9-17/h5-13,19,21H,4,14H2,1-3H3. The van der Waals surface area contributed by atoms with E-state index in [-0.39, 0.29) is 17.8 Å². The van der Waals surface area contributed by atoms with Gasteiger partial charge in [-0.05, 0) is 31.4 Å². The lowest BCUT2D eigenvalue weighted by molar-refractivity contribution is -0.141. The van der Waals surface area contributed by atoms with Crippen molar-refractivity contribution >= 4 is 28.8 Å². The van der Waals surface area contributed by atoms with Crippen LogP contribution in [0, 0.1) is 6.92 Å². The number of hydrogen-bond acceptors (Lipinski definition) is 5. The van der Waals surface area contributed by atoms with E-state index in [1.54, 1.807) is 4.90 Å². The first-order chi connectivity index (χ1) is 14.5. The second-order valence-corrected chi connectivity index (χ2v) is 8.66. The summed E-state index contributed by atoms with van der Waals surface area (Å²) < 4.78 is 5.64. The molecule has 30 heavy (non-hydrogen) atoms. The summed E-state index contributed by atoms with van der Waals surface area (Å²) in [6.45, 7) is 5.99. The molecule has 154 valence electrons. The molecule has 0 aromatic heterocycles. The van der Waals surface area contributed by atoms with E-state index in [9.17, 15) is 9.59 Å². The van der Waals surface area contributed by atoms with E-state index >= 15 is 0 Å². The quantitative estimate of drug-likeness (QED) is 0.654. The van der Waals surface area contributed by atoms with Gasteiger partial charge in [-0.2, -0.15) is 0 Å². The highest BCUT2D eigenvalue weighted by atomic mass is 32.2. The third kappa shape index (κ3) is 3.79. The molecule has 4 rings (SSSR count). The first-order valence-corrected chi connectivity index (χ1v) is 10.9. The van der Waals surface area contributed by atoms with Crippen LogP contribution in [0.15, 0.2) is 70.9 Å². The van der Waals surface area contributed by atoms with Crippen molar-refractivity contribution in [2.24, 2.45) is 4.99 Å². The van der Waals surface area contributed by atoms with Crippen molar-refractivity contribution < 1.29 is 14.3 Å². The van der Waals surface area contributed by atoms with Crippen molar-refractivity contribution in [1.29, 1.82) is 0 Å². The Bertz CT molecular complexity index is 1030. The van der Waals surface area contributed by atoms with Crippen molar-refractivity contribution in [2.45, 2.75) is 45.1 Å². The molecule has 2 aliphatic rings. The molecule has 2 aromatic rings. The number of thioether (sulfide) groups is 1. The Kier molecular flexibility index (Phi) is 5.77. The highest BCUT2D eigenvalue weighted by Gasteiger charge is 2.47. The number of allylic oxidation sites excluding steroid dienone is 1. The molecule has 2 atom stereocenters. The smallest absolute Gasteiger partial charge is 0.338 e. The summed E-state index contributed by atoms with van der Waals surface area (Å²) in [5.74, 6) is -0.449. The Balaban J connectivity index is 1.71. The summed E-state index contributed by atoms with van der Waals surface area (Å²) >= 11 is 1.47. The fraction of sp³-hybridized carbons (Fsp3) is 0.292. The van der Waals surface area contributed by atoms with Gasteiger partial charge in [0, 0.05) is 0 Å². The largest absolute Gasteiger partial charge is 0.457 e. The van der Waals surface area contributed by atoms with Crippen LogP contribution in [0.1, 0.15) is 43.0 Å². The molecule has 0 radical (unpaired) electrons. The Morgan fingerprint density at radius 3 is 2.47 bits per heavy atom. The number of carbonyl (C=O) groups excluding carboxylic acids is 2. The van der Waals surface area contributed by atoms with Gasteiger partial charge in [0.15, 0.2) is 5.17 Å². The van der Waals surface area contributed by atoms with Crippen LogP contribution in [-0.4, -0.2) is 27.2 Å². The lowest BCUT2D eigenvalue weighted by Crippen LogP contribution is -2.40. The predicted octanol–water partition coefficient (Wildman–Crippen LogP) is 4.78. The normalized spacial score (nSPS) is 20.8. The Hall–Kier alpha value is -2.86. The van der Waals surface area contributed by atoms with Crippen LogP contribution in [0.3, 0.4) is 0 Å². The third-order valence-electron chi connectivity index (χ3n) is 5.35. The van der Waals surface area contributed by atoms with Gasteiger partial charge in [-0.3, -0.25) is 9.69 Å². The van der Waals surface area contributed by atoms with Gasteiger partial charge in [0.05, 0.1) is 22.6 Å². The van der Waals surface area contributed by atoms with Gasteiger partial charge in [0.2, 0.25) is 5.91 Å². The van der Waals surface area contributed by atoms with E-state index in [1.807, 2.05) is 75.4 Å². The molecule has 1 fully saturated rings. The van der Waals surface area contributed by atoms with E-state index in [0.29, 0.717) is 22.9 Å². The average molecular weight is 421 g/mol. The van der Waals surface area contributed by atoms with Gasteiger partial charge in [0.25, 0.3) is 0 Å². The zero-order chi connectivity index (χ0) is 21.3. The number of carbonyl (C=O) groups is 2. The van der Waals surface area contributed by atoms with Crippen LogP contribution in [0.5, 0.6) is 0 Å². The summed E-state index contributed by atoms with van der Waals surface area (Å²) in [7, 11) is 0. The zero-order valence-electron chi connectivity index (χ0n) is 17.3. The first-order valence-electron chi connectivity index (χ1n) is 10.1. The van der Waals surface area contributed by atoms with E-state index in [0.717, 1.165) is 16.7 Å². The van der Waals surface area contributed by atoms with Gasteiger partial charge < -0.3 is 4.74 Å². The molecule has 2 heterocycles. The molecule has 5 nitrogen and oxygen atoms in total. The number of nitrogens with zero attached hydrogens (tertiary/aromatic N) is 2. The Morgan fingerprint density at radius 1 is 1.10 bits per heavy atom. The summed E-state index contributed by atoms with van der Waals surface area (Å²) in [5.41, 5.74) is 3.93. The lowest BCUT2D eigenvalue weighted by atomic mass is 9.93. The van der Waals surface area contributed by atoms with Crippen molar-refractivity contribution in [3.63, 3.8) is 0 Å². The maximum atomic E-state index is 13.2. The fourth-order valence-electron chi connectivity index (χ4n) is 3.72. The summed E-state index contributed by atoms with van der Waals surface area (Å²) in [5, 5.41) is 0.485. The number of amidine groups is 1. The fourth-order valence-corrected chi connectivity index (χ4v) is 4.85. The lowest BCUT2D eigenvalue weighted by Gasteiger charge is -2.33. The van der Waals surface area contributed by atoms with E-state index < -0.39 is 12.0 Å². The second-order valence-electron chi connectivity index (χ2n) is 7.49. The van der Waals surface area contributed by atoms with E-state index in [4.69, 9.17) is 4.74 Å². The van der Waals surface area contributed by atoms with Gasteiger partial charge >= 0.3 is 5.97 Å². The van der Waals surface area contributed by atoms with Gasteiger partial charge in [-0.25, -0.2) is 9.79 Å². The van der Waals surface area contributed by atoms with Gasteiger partial charge in [0.1, 0.15) is 6.61 Å². The Morgan fingerprint density at radius 2 is 1.80 bits per heavy atom. The number of aryl methyl sites for hydroxylation is 1. The number of ether oxygens (including phenoxy) is 1. The molecule has 1 saturated heterocycles. The van der Waals surface area contributed by atoms with E-state index in [2.05, 4.69) is 4.99 Å². The molecule has 0 saturated carbocycles. The SMILES string of the molecule is CCC1SC2=NC(C)=C(C(=O)OCc3ccccc3)C(c3ccc(C)cc3)N2C1=O. The maximum absolute atomic E-state index is 13.2. The topological polar surface area (TPSA) is 59.0 Å². The third-order valence-corrected chi connectivity index (χ3v) is 6.67. The minimum Gasteiger partial charge on any atom is -0.457 e. The highest BCUT2D eigenvalue weighted by Crippen LogP contribution is 2.44. The van der Waals surface area contributed by atoms with Crippen molar-refractivity contribution in [3.8, 4) is 0 Å². The molecule has 0 spiro atoms. The summed E-state index contributed by atoms with van der Waals surface area (Å²) in [6, 6.07) is 17.0. The van der Waals surface area contributed by atoms with Crippen LogP contribution in [0.4, 0.5) is 0 Å².